The molecule has 2 rings (SSSR count). The molecule has 0 aromatic carbocycles. The van der Waals surface area contributed by atoms with Gasteiger partial charge >= 0.3 is 0 Å². The van der Waals surface area contributed by atoms with Gasteiger partial charge in [-0.2, -0.15) is 0 Å². The second-order valence-corrected chi connectivity index (χ2v) is 7.89. The zero-order chi connectivity index (χ0) is 20.9. The Morgan fingerprint density at radius 3 is 2.59 bits per heavy atom. The largest absolute Gasteiger partial charge is 0.381 e. The van der Waals surface area contributed by atoms with Gasteiger partial charge in [0.25, 0.3) is 0 Å². The smallest absolute Gasteiger partial charge is 0.191 e. The molecular weight excluding hydrogens is 364 g/mol. The van der Waals surface area contributed by atoms with E-state index in [2.05, 4.69) is 70.2 Å². The van der Waals surface area contributed by atoms with E-state index in [1.807, 2.05) is 6.20 Å². The summed E-state index contributed by atoms with van der Waals surface area (Å²) >= 11 is 0. The molecule has 0 amide bonds. The zero-order valence-corrected chi connectivity index (χ0v) is 18.8. The molecule has 1 fully saturated rings. The first-order valence-corrected chi connectivity index (χ1v) is 11.1. The summed E-state index contributed by atoms with van der Waals surface area (Å²) in [5, 5.41) is 6.68. The van der Waals surface area contributed by atoms with Crippen LogP contribution in [0, 0.1) is 5.92 Å². The van der Waals surface area contributed by atoms with Crippen LogP contribution in [0.5, 0.6) is 0 Å². The first kappa shape index (κ1) is 23.4. The SMILES string of the molecule is CCNC(=NCc1ccc(N2CCN(CC)CC2)nc1)NCCCOCC(C)C. The molecule has 0 atom stereocenters. The normalized spacial score (nSPS) is 15.8. The molecule has 1 aromatic heterocycles. The zero-order valence-electron chi connectivity index (χ0n) is 18.8. The number of hydrogen-bond donors (Lipinski definition) is 2. The van der Waals surface area contributed by atoms with Crippen LogP contribution in [0.1, 0.15) is 39.7 Å². The van der Waals surface area contributed by atoms with E-state index in [1.165, 1.54) is 0 Å². The maximum atomic E-state index is 5.62. The van der Waals surface area contributed by atoms with Gasteiger partial charge in [-0.15, -0.1) is 0 Å². The molecule has 0 radical (unpaired) electrons. The van der Waals surface area contributed by atoms with E-state index in [0.29, 0.717) is 12.5 Å². The fourth-order valence-electron chi connectivity index (χ4n) is 3.20. The number of nitrogens with one attached hydrogen (secondary N) is 2. The highest BCUT2D eigenvalue weighted by Crippen LogP contribution is 2.14. The van der Waals surface area contributed by atoms with Gasteiger partial charge in [0.1, 0.15) is 5.82 Å². The summed E-state index contributed by atoms with van der Waals surface area (Å²) in [4.78, 5) is 14.2. The summed E-state index contributed by atoms with van der Waals surface area (Å²) in [5.41, 5.74) is 1.12. The van der Waals surface area contributed by atoms with Crippen LogP contribution in [0.4, 0.5) is 5.82 Å². The van der Waals surface area contributed by atoms with Crippen molar-refractivity contribution in [3.8, 4) is 0 Å². The number of nitrogens with zero attached hydrogens (tertiary/aromatic N) is 4. The molecule has 1 aliphatic heterocycles. The highest BCUT2D eigenvalue weighted by atomic mass is 16.5. The molecule has 0 spiro atoms. The maximum absolute atomic E-state index is 5.62. The number of ether oxygens (including phenoxy) is 1. The molecular formula is C22H40N6O. The molecule has 1 aromatic rings. The molecule has 7 nitrogen and oxygen atoms in total. The van der Waals surface area contributed by atoms with Gasteiger partial charge in [-0.25, -0.2) is 9.98 Å². The number of piperazine rings is 1. The highest BCUT2D eigenvalue weighted by Gasteiger charge is 2.16. The van der Waals surface area contributed by atoms with Crippen LogP contribution in [0.15, 0.2) is 23.3 Å². The topological polar surface area (TPSA) is 65.0 Å². The summed E-state index contributed by atoms with van der Waals surface area (Å²) in [5.74, 6) is 2.50. The van der Waals surface area contributed by atoms with Gasteiger partial charge in [0, 0.05) is 58.7 Å². The molecule has 164 valence electrons. The number of pyridine rings is 1. The van der Waals surface area contributed by atoms with Crippen molar-refractivity contribution < 1.29 is 4.74 Å². The third kappa shape index (κ3) is 9.00. The molecule has 29 heavy (non-hydrogen) atoms. The molecule has 1 aliphatic rings. The number of aromatic nitrogens is 1. The Labute approximate surface area is 176 Å². The maximum Gasteiger partial charge on any atom is 0.191 e. The van der Waals surface area contributed by atoms with Crippen molar-refractivity contribution in [2.75, 3.05) is 63.9 Å². The average Bonchev–Trinajstić information content (AvgIpc) is 2.74. The molecule has 1 saturated heterocycles. The van der Waals surface area contributed by atoms with Crippen LogP contribution in [0.3, 0.4) is 0 Å². The van der Waals surface area contributed by atoms with E-state index in [4.69, 9.17) is 4.74 Å². The predicted molar refractivity (Wildman–Crippen MR) is 122 cm³/mol. The van der Waals surface area contributed by atoms with Crippen LogP contribution < -0.4 is 15.5 Å². The monoisotopic (exact) mass is 404 g/mol. The van der Waals surface area contributed by atoms with Crippen LogP contribution in [0.2, 0.25) is 0 Å². The minimum absolute atomic E-state index is 0.586. The molecule has 0 bridgehead atoms. The van der Waals surface area contributed by atoms with Crippen LogP contribution in [0.25, 0.3) is 0 Å². The number of hydrogen-bond acceptors (Lipinski definition) is 5. The summed E-state index contributed by atoms with van der Waals surface area (Å²) in [7, 11) is 0. The van der Waals surface area contributed by atoms with Crippen molar-refractivity contribution in [2.45, 2.75) is 40.7 Å². The van der Waals surface area contributed by atoms with E-state index in [0.717, 1.165) is 82.8 Å². The molecule has 0 saturated carbocycles. The summed E-state index contributed by atoms with van der Waals surface area (Å²) in [6.07, 6.45) is 2.92. The Bertz CT molecular complexity index is 581. The standard InChI is InChI=1S/C22H40N6O/c1-5-23-22(24-10-7-15-29-18-19(3)4)26-17-20-8-9-21(25-16-20)28-13-11-27(6-2)12-14-28/h8-9,16,19H,5-7,10-15,17-18H2,1-4H3,(H2,23,24,26). The van der Waals surface area contributed by atoms with E-state index in [1.54, 1.807) is 0 Å². The Morgan fingerprint density at radius 1 is 1.17 bits per heavy atom. The fourth-order valence-corrected chi connectivity index (χ4v) is 3.20. The van der Waals surface area contributed by atoms with Gasteiger partial charge in [0.15, 0.2) is 5.96 Å². The molecule has 0 aliphatic carbocycles. The van der Waals surface area contributed by atoms with Gasteiger partial charge in [0.2, 0.25) is 0 Å². The number of guanidine groups is 1. The predicted octanol–water partition coefficient (Wildman–Crippen LogP) is 2.34. The quantitative estimate of drug-likeness (QED) is 0.335. The van der Waals surface area contributed by atoms with Crippen molar-refractivity contribution >= 4 is 11.8 Å². The minimum atomic E-state index is 0.586. The van der Waals surface area contributed by atoms with Gasteiger partial charge in [-0.05, 0) is 37.4 Å². The Morgan fingerprint density at radius 2 is 1.97 bits per heavy atom. The second kappa shape index (κ2) is 13.4. The lowest BCUT2D eigenvalue weighted by molar-refractivity contribution is 0.108. The second-order valence-electron chi connectivity index (χ2n) is 7.89. The van der Waals surface area contributed by atoms with Crippen molar-refractivity contribution in [1.82, 2.24) is 20.5 Å². The third-order valence-electron chi connectivity index (χ3n) is 4.93. The molecule has 7 heteroatoms. The van der Waals surface area contributed by atoms with Gasteiger partial charge in [-0.1, -0.05) is 26.8 Å². The summed E-state index contributed by atoms with van der Waals surface area (Å²) < 4.78 is 5.62. The molecule has 2 N–H and O–H groups in total. The Balaban J connectivity index is 1.76. The van der Waals surface area contributed by atoms with Crippen LogP contribution in [-0.4, -0.2) is 74.9 Å². The van der Waals surface area contributed by atoms with E-state index in [-0.39, 0.29) is 0 Å². The van der Waals surface area contributed by atoms with Gasteiger partial charge < -0.3 is 25.2 Å². The van der Waals surface area contributed by atoms with Gasteiger partial charge in [-0.3, -0.25) is 0 Å². The first-order valence-electron chi connectivity index (χ1n) is 11.1. The lowest BCUT2D eigenvalue weighted by Gasteiger charge is -2.34. The van der Waals surface area contributed by atoms with Crippen LogP contribution in [-0.2, 0) is 11.3 Å². The minimum Gasteiger partial charge on any atom is -0.381 e. The first-order chi connectivity index (χ1) is 14.1. The van der Waals surface area contributed by atoms with E-state index in [9.17, 15) is 0 Å². The lowest BCUT2D eigenvalue weighted by atomic mass is 10.2. The van der Waals surface area contributed by atoms with Crippen LogP contribution >= 0.6 is 0 Å². The number of aliphatic imine (C=N–C) groups is 1. The number of anilines is 1. The number of rotatable bonds is 11. The van der Waals surface area contributed by atoms with Crippen molar-refractivity contribution in [3.63, 3.8) is 0 Å². The third-order valence-corrected chi connectivity index (χ3v) is 4.93. The highest BCUT2D eigenvalue weighted by molar-refractivity contribution is 5.79. The average molecular weight is 405 g/mol. The lowest BCUT2D eigenvalue weighted by Crippen LogP contribution is -2.46. The fraction of sp³-hybridized carbons (Fsp3) is 0.727. The van der Waals surface area contributed by atoms with E-state index >= 15 is 0 Å². The molecule has 2 heterocycles. The summed E-state index contributed by atoms with van der Waals surface area (Å²) in [6, 6.07) is 4.26. The number of likely N-dealkylation sites (N-methyl/N-ethyl adjacent to an activating group) is 1. The summed E-state index contributed by atoms with van der Waals surface area (Å²) in [6.45, 7) is 18.0. The molecule has 0 unspecified atom stereocenters. The van der Waals surface area contributed by atoms with Gasteiger partial charge in [0.05, 0.1) is 6.54 Å². The van der Waals surface area contributed by atoms with Crippen molar-refractivity contribution in [2.24, 2.45) is 10.9 Å². The van der Waals surface area contributed by atoms with Crippen molar-refractivity contribution in [3.05, 3.63) is 23.9 Å². The van der Waals surface area contributed by atoms with Crippen molar-refractivity contribution in [1.29, 1.82) is 0 Å². The Kier molecular flexibility index (Phi) is 10.8. The van der Waals surface area contributed by atoms with E-state index < -0.39 is 0 Å². The Hall–Kier alpha value is -1.86.